The molecule has 3 N–H and O–H groups in total. The molecule has 0 spiro atoms. The van der Waals surface area contributed by atoms with E-state index in [0.717, 1.165) is 10.9 Å². The van der Waals surface area contributed by atoms with E-state index < -0.39 is 0 Å². The molecule has 102 valence electrons. The molecule has 0 atom stereocenters. The SMILES string of the molecule is C=CCNC(=S)NNC(=O)c1ccc2ncccc2c1. The highest BCUT2D eigenvalue weighted by atomic mass is 32.1. The maximum atomic E-state index is 12.0. The first-order chi connectivity index (χ1) is 9.70. The molecule has 2 rings (SSSR count). The predicted molar refractivity (Wildman–Crippen MR) is 83.1 cm³/mol. The van der Waals surface area contributed by atoms with Crippen molar-refractivity contribution in [3.05, 3.63) is 54.7 Å². The molecular weight excluding hydrogens is 272 g/mol. The molecule has 2 aromatic rings. The summed E-state index contributed by atoms with van der Waals surface area (Å²) in [5.41, 5.74) is 6.53. The summed E-state index contributed by atoms with van der Waals surface area (Å²) in [4.78, 5) is 16.2. The van der Waals surface area contributed by atoms with Crippen LogP contribution in [0.5, 0.6) is 0 Å². The Hall–Kier alpha value is -2.47. The zero-order valence-corrected chi connectivity index (χ0v) is 11.5. The van der Waals surface area contributed by atoms with E-state index in [9.17, 15) is 4.79 Å². The molecule has 0 saturated heterocycles. The van der Waals surface area contributed by atoms with Crippen LogP contribution in [0.15, 0.2) is 49.2 Å². The lowest BCUT2D eigenvalue weighted by Crippen LogP contribution is -2.46. The monoisotopic (exact) mass is 286 g/mol. The van der Waals surface area contributed by atoms with Crippen molar-refractivity contribution >= 4 is 34.1 Å². The van der Waals surface area contributed by atoms with Crippen molar-refractivity contribution in [2.75, 3.05) is 6.54 Å². The maximum Gasteiger partial charge on any atom is 0.269 e. The van der Waals surface area contributed by atoms with Gasteiger partial charge < -0.3 is 5.32 Å². The Bertz CT molecular complexity index is 656. The number of aromatic nitrogens is 1. The first kappa shape index (κ1) is 14.0. The lowest BCUT2D eigenvalue weighted by molar-refractivity contribution is 0.0944. The first-order valence-electron chi connectivity index (χ1n) is 6.00. The number of carbonyl (C=O) groups excluding carboxylic acids is 1. The molecule has 0 fully saturated rings. The molecule has 1 heterocycles. The van der Waals surface area contributed by atoms with Crippen LogP contribution < -0.4 is 16.2 Å². The van der Waals surface area contributed by atoms with Crippen molar-refractivity contribution in [1.29, 1.82) is 0 Å². The molecule has 20 heavy (non-hydrogen) atoms. The third-order valence-electron chi connectivity index (χ3n) is 2.56. The number of hydrazine groups is 1. The number of thiocarbonyl (C=S) groups is 1. The quantitative estimate of drug-likeness (QED) is 0.454. The number of pyridine rings is 1. The second-order valence-corrected chi connectivity index (χ2v) is 4.40. The summed E-state index contributed by atoms with van der Waals surface area (Å²) in [5.74, 6) is -0.265. The van der Waals surface area contributed by atoms with Crippen molar-refractivity contribution in [2.45, 2.75) is 0 Å². The molecule has 0 bridgehead atoms. The maximum absolute atomic E-state index is 12.0. The molecule has 0 aliphatic rings. The molecule has 0 saturated carbocycles. The Morgan fingerprint density at radius 1 is 1.35 bits per heavy atom. The Morgan fingerprint density at radius 3 is 3.00 bits per heavy atom. The second kappa shape index (κ2) is 6.63. The number of amides is 1. The Labute approximate surface area is 122 Å². The molecule has 1 aromatic carbocycles. The van der Waals surface area contributed by atoms with Crippen LogP contribution in [0.3, 0.4) is 0 Å². The van der Waals surface area contributed by atoms with Gasteiger partial charge in [0.15, 0.2) is 5.11 Å². The number of carbonyl (C=O) groups is 1. The highest BCUT2D eigenvalue weighted by Gasteiger charge is 2.06. The minimum Gasteiger partial charge on any atom is -0.358 e. The summed E-state index contributed by atoms with van der Waals surface area (Å²) < 4.78 is 0. The van der Waals surface area contributed by atoms with Gasteiger partial charge >= 0.3 is 0 Å². The summed E-state index contributed by atoms with van der Waals surface area (Å²) in [6.45, 7) is 4.09. The van der Waals surface area contributed by atoms with Crippen LogP contribution in [-0.2, 0) is 0 Å². The molecule has 6 heteroatoms. The van der Waals surface area contributed by atoms with E-state index in [-0.39, 0.29) is 5.91 Å². The highest BCUT2D eigenvalue weighted by molar-refractivity contribution is 7.80. The normalized spacial score (nSPS) is 9.80. The fraction of sp³-hybridized carbons (Fsp3) is 0.0714. The van der Waals surface area contributed by atoms with Crippen molar-refractivity contribution in [1.82, 2.24) is 21.2 Å². The van der Waals surface area contributed by atoms with Gasteiger partial charge in [-0.2, -0.15) is 0 Å². The van der Waals surface area contributed by atoms with E-state index >= 15 is 0 Å². The summed E-state index contributed by atoms with van der Waals surface area (Å²) in [7, 11) is 0. The molecular formula is C14H14N4OS. The third kappa shape index (κ3) is 3.52. The zero-order chi connectivity index (χ0) is 14.4. The van der Waals surface area contributed by atoms with Crippen molar-refractivity contribution in [2.24, 2.45) is 0 Å². The fourth-order valence-corrected chi connectivity index (χ4v) is 1.75. The number of hydrogen-bond acceptors (Lipinski definition) is 3. The molecule has 0 unspecified atom stereocenters. The predicted octanol–water partition coefficient (Wildman–Crippen LogP) is 1.53. The van der Waals surface area contributed by atoms with Gasteiger partial charge in [0.1, 0.15) is 0 Å². The van der Waals surface area contributed by atoms with Crippen molar-refractivity contribution < 1.29 is 4.79 Å². The summed E-state index contributed by atoms with van der Waals surface area (Å²) in [5, 5.41) is 4.09. The van der Waals surface area contributed by atoms with E-state index in [1.165, 1.54) is 0 Å². The van der Waals surface area contributed by atoms with Crippen LogP contribution >= 0.6 is 12.2 Å². The first-order valence-corrected chi connectivity index (χ1v) is 6.41. The van der Waals surface area contributed by atoms with Gasteiger partial charge in [-0.25, -0.2) is 0 Å². The van der Waals surface area contributed by atoms with Gasteiger partial charge in [-0.15, -0.1) is 6.58 Å². The van der Waals surface area contributed by atoms with Crippen LogP contribution in [0.1, 0.15) is 10.4 Å². The highest BCUT2D eigenvalue weighted by Crippen LogP contribution is 2.12. The lowest BCUT2D eigenvalue weighted by atomic mass is 10.1. The molecule has 1 aromatic heterocycles. The topological polar surface area (TPSA) is 66.0 Å². The fourth-order valence-electron chi connectivity index (χ4n) is 1.61. The van der Waals surface area contributed by atoms with Gasteiger partial charge in [0.2, 0.25) is 0 Å². The van der Waals surface area contributed by atoms with Gasteiger partial charge in [-0.3, -0.25) is 20.6 Å². The van der Waals surface area contributed by atoms with Crippen LogP contribution in [0.2, 0.25) is 0 Å². The summed E-state index contributed by atoms with van der Waals surface area (Å²) in [6, 6.07) is 9.03. The van der Waals surface area contributed by atoms with E-state index in [2.05, 4.69) is 27.7 Å². The van der Waals surface area contributed by atoms with E-state index in [1.807, 2.05) is 12.1 Å². The van der Waals surface area contributed by atoms with E-state index in [1.54, 1.807) is 30.5 Å². The Morgan fingerprint density at radius 2 is 2.20 bits per heavy atom. The number of rotatable bonds is 3. The van der Waals surface area contributed by atoms with Crippen LogP contribution in [0.4, 0.5) is 0 Å². The van der Waals surface area contributed by atoms with Gasteiger partial charge in [-0.1, -0.05) is 12.1 Å². The van der Waals surface area contributed by atoms with E-state index in [0.29, 0.717) is 17.2 Å². The lowest BCUT2D eigenvalue weighted by Gasteiger charge is -2.10. The summed E-state index contributed by atoms with van der Waals surface area (Å²) in [6.07, 6.45) is 3.39. The average Bonchev–Trinajstić information content (AvgIpc) is 2.50. The van der Waals surface area contributed by atoms with Gasteiger partial charge in [0, 0.05) is 23.7 Å². The minimum absolute atomic E-state index is 0.265. The number of benzene rings is 1. The standard InChI is InChI=1S/C14H14N4OS/c1-2-7-16-14(20)18-17-13(19)11-5-6-12-10(9-11)4-3-8-15-12/h2-6,8-9H,1,7H2,(H,17,19)(H2,16,18,20). The van der Waals surface area contributed by atoms with Gasteiger partial charge in [0.25, 0.3) is 5.91 Å². The summed E-state index contributed by atoms with van der Waals surface area (Å²) >= 11 is 4.97. The number of fused-ring (bicyclic) bond motifs is 1. The molecule has 1 amide bonds. The molecule has 0 aliphatic heterocycles. The number of nitrogens with zero attached hydrogens (tertiary/aromatic N) is 1. The smallest absolute Gasteiger partial charge is 0.269 e. The van der Waals surface area contributed by atoms with E-state index in [4.69, 9.17) is 12.2 Å². The van der Waals surface area contributed by atoms with Crippen molar-refractivity contribution in [3.63, 3.8) is 0 Å². The number of nitrogens with one attached hydrogen (secondary N) is 3. The Kier molecular flexibility index (Phi) is 4.62. The molecule has 0 aliphatic carbocycles. The third-order valence-corrected chi connectivity index (χ3v) is 2.81. The molecule has 5 nitrogen and oxygen atoms in total. The van der Waals surface area contributed by atoms with Crippen molar-refractivity contribution in [3.8, 4) is 0 Å². The number of hydrogen-bond donors (Lipinski definition) is 3. The minimum atomic E-state index is -0.265. The largest absolute Gasteiger partial charge is 0.358 e. The van der Waals surface area contributed by atoms with Crippen LogP contribution in [0, 0.1) is 0 Å². The van der Waals surface area contributed by atoms with Crippen LogP contribution in [0.25, 0.3) is 10.9 Å². The van der Waals surface area contributed by atoms with Gasteiger partial charge in [0.05, 0.1) is 5.52 Å². The Balaban J connectivity index is 2.00. The second-order valence-electron chi connectivity index (χ2n) is 3.99. The zero-order valence-electron chi connectivity index (χ0n) is 10.7. The van der Waals surface area contributed by atoms with Gasteiger partial charge in [-0.05, 0) is 36.5 Å². The molecule has 0 radical (unpaired) electrons. The van der Waals surface area contributed by atoms with Crippen LogP contribution in [-0.4, -0.2) is 22.5 Å². The average molecular weight is 286 g/mol.